The van der Waals surface area contributed by atoms with Gasteiger partial charge in [0.25, 0.3) is 5.91 Å². The number of amides is 1. The molecule has 0 spiro atoms. The number of carbonyl (C=O) groups excluding carboxylic acids is 1. The summed E-state index contributed by atoms with van der Waals surface area (Å²) in [6, 6.07) is 16.0. The van der Waals surface area contributed by atoms with Gasteiger partial charge in [-0.05, 0) is 43.3 Å². The first-order valence-corrected chi connectivity index (χ1v) is 8.60. The number of ether oxygens (including phenoxy) is 2. The summed E-state index contributed by atoms with van der Waals surface area (Å²) in [5, 5.41) is 3.39. The van der Waals surface area contributed by atoms with Crippen LogP contribution < -0.4 is 14.8 Å². The van der Waals surface area contributed by atoms with E-state index in [0.717, 1.165) is 11.3 Å². The fourth-order valence-corrected chi connectivity index (χ4v) is 2.54. The zero-order chi connectivity index (χ0) is 19.2. The Labute approximate surface area is 162 Å². The summed E-state index contributed by atoms with van der Waals surface area (Å²) < 4.78 is 10.8. The maximum atomic E-state index is 12.2. The molecule has 138 valence electrons. The summed E-state index contributed by atoms with van der Waals surface area (Å²) in [5.41, 5.74) is 2.12. The molecule has 0 fully saturated rings. The minimum Gasteiger partial charge on any atom is -0.495 e. The lowest BCUT2D eigenvalue weighted by molar-refractivity contribution is -0.118. The Balaban J connectivity index is 1.69. The highest BCUT2D eigenvalue weighted by Gasteiger charge is 2.10. The number of para-hydroxylation sites is 2. The van der Waals surface area contributed by atoms with Crippen LogP contribution in [0.4, 0.5) is 5.69 Å². The molecule has 0 radical (unpaired) electrons. The molecular weight excluding hydrogens is 366 g/mol. The molecule has 0 unspecified atom stereocenters. The molecule has 1 N–H and O–H groups in total. The molecule has 2 aromatic carbocycles. The van der Waals surface area contributed by atoms with Gasteiger partial charge in [0.15, 0.2) is 12.4 Å². The van der Waals surface area contributed by atoms with Crippen molar-refractivity contribution in [3.8, 4) is 23.0 Å². The number of aryl methyl sites for hydroxylation is 1. The standard InChI is InChI=1S/C20H18ClN3O3/c1-13-11-19(24-20(22-13)14-7-9-15(21)10-8-14)27-12-18(25)23-16-5-3-4-6-17(16)26-2/h3-11H,12H2,1-2H3,(H,23,25). The second-order valence-electron chi connectivity index (χ2n) is 5.72. The van der Waals surface area contributed by atoms with E-state index in [0.29, 0.717) is 28.2 Å². The fraction of sp³-hybridized carbons (Fsp3) is 0.150. The molecule has 7 heteroatoms. The molecule has 0 saturated heterocycles. The number of nitrogens with zero attached hydrogens (tertiary/aromatic N) is 2. The van der Waals surface area contributed by atoms with Crippen LogP contribution in [0.3, 0.4) is 0 Å². The van der Waals surface area contributed by atoms with Crippen LogP contribution >= 0.6 is 11.6 Å². The molecule has 6 nitrogen and oxygen atoms in total. The highest BCUT2D eigenvalue weighted by atomic mass is 35.5. The van der Waals surface area contributed by atoms with Gasteiger partial charge in [0.1, 0.15) is 5.75 Å². The third-order valence-corrected chi connectivity index (χ3v) is 3.92. The monoisotopic (exact) mass is 383 g/mol. The number of halogens is 1. The smallest absolute Gasteiger partial charge is 0.262 e. The van der Waals surface area contributed by atoms with Crippen molar-refractivity contribution >= 4 is 23.2 Å². The fourth-order valence-electron chi connectivity index (χ4n) is 2.42. The normalized spacial score (nSPS) is 10.3. The predicted octanol–water partition coefficient (Wildman–Crippen LogP) is 4.13. The van der Waals surface area contributed by atoms with Gasteiger partial charge in [0, 0.05) is 22.3 Å². The van der Waals surface area contributed by atoms with E-state index in [4.69, 9.17) is 21.1 Å². The van der Waals surface area contributed by atoms with Crippen LogP contribution in [-0.2, 0) is 4.79 Å². The zero-order valence-electron chi connectivity index (χ0n) is 14.9. The van der Waals surface area contributed by atoms with Crippen LogP contribution in [0, 0.1) is 6.92 Å². The van der Waals surface area contributed by atoms with Gasteiger partial charge in [-0.25, -0.2) is 4.98 Å². The number of hydrogen-bond donors (Lipinski definition) is 1. The Hall–Kier alpha value is -3.12. The number of benzene rings is 2. The van der Waals surface area contributed by atoms with Gasteiger partial charge in [-0.3, -0.25) is 4.79 Å². The lowest BCUT2D eigenvalue weighted by Crippen LogP contribution is -2.21. The van der Waals surface area contributed by atoms with Crippen molar-refractivity contribution in [2.75, 3.05) is 19.0 Å². The third-order valence-electron chi connectivity index (χ3n) is 3.67. The van der Waals surface area contributed by atoms with Crippen LogP contribution in [-0.4, -0.2) is 29.6 Å². The largest absolute Gasteiger partial charge is 0.495 e. The molecule has 1 aromatic heterocycles. The first-order valence-electron chi connectivity index (χ1n) is 8.22. The maximum Gasteiger partial charge on any atom is 0.262 e. The van der Waals surface area contributed by atoms with Gasteiger partial charge >= 0.3 is 0 Å². The van der Waals surface area contributed by atoms with Gasteiger partial charge < -0.3 is 14.8 Å². The second-order valence-corrected chi connectivity index (χ2v) is 6.15. The number of anilines is 1. The average Bonchev–Trinajstić information content (AvgIpc) is 2.67. The Morgan fingerprint density at radius 1 is 1.11 bits per heavy atom. The predicted molar refractivity (Wildman–Crippen MR) is 104 cm³/mol. The van der Waals surface area contributed by atoms with Gasteiger partial charge in [0.2, 0.25) is 5.88 Å². The summed E-state index contributed by atoms with van der Waals surface area (Å²) >= 11 is 5.92. The number of nitrogens with one attached hydrogen (secondary N) is 1. The maximum absolute atomic E-state index is 12.2. The van der Waals surface area contributed by atoms with Gasteiger partial charge in [-0.1, -0.05) is 23.7 Å². The van der Waals surface area contributed by atoms with E-state index in [-0.39, 0.29) is 12.5 Å². The molecule has 3 rings (SSSR count). The number of methoxy groups -OCH3 is 1. The molecule has 0 atom stereocenters. The molecule has 0 aliphatic rings. The van der Waals surface area contributed by atoms with Crippen LogP contribution in [0.25, 0.3) is 11.4 Å². The van der Waals surface area contributed by atoms with Crippen molar-refractivity contribution in [1.29, 1.82) is 0 Å². The molecule has 0 saturated carbocycles. The van der Waals surface area contributed by atoms with Crippen LogP contribution in [0.2, 0.25) is 5.02 Å². The molecule has 1 heterocycles. The molecule has 3 aromatic rings. The van der Waals surface area contributed by atoms with Crippen molar-refractivity contribution in [2.24, 2.45) is 0 Å². The van der Waals surface area contributed by atoms with Crippen molar-refractivity contribution in [2.45, 2.75) is 6.92 Å². The Morgan fingerprint density at radius 2 is 1.85 bits per heavy atom. The van der Waals surface area contributed by atoms with E-state index in [1.165, 1.54) is 0 Å². The van der Waals surface area contributed by atoms with Crippen molar-refractivity contribution in [1.82, 2.24) is 9.97 Å². The first-order chi connectivity index (χ1) is 13.0. The highest BCUT2D eigenvalue weighted by Crippen LogP contribution is 2.23. The van der Waals surface area contributed by atoms with E-state index >= 15 is 0 Å². The third kappa shape index (κ3) is 4.95. The van der Waals surface area contributed by atoms with Gasteiger partial charge in [-0.2, -0.15) is 4.98 Å². The molecular formula is C20H18ClN3O3. The lowest BCUT2D eigenvalue weighted by Gasteiger charge is -2.11. The van der Waals surface area contributed by atoms with Crippen LogP contribution in [0.15, 0.2) is 54.6 Å². The van der Waals surface area contributed by atoms with Crippen molar-refractivity contribution in [3.63, 3.8) is 0 Å². The van der Waals surface area contributed by atoms with Crippen LogP contribution in [0.1, 0.15) is 5.69 Å². The molecule has 0 bridgehead atoms. The summed E-state index contributed by atoms with van der Waals surface area (Å²) in [5.74, 6) is 1.09. The topological polar surface area (TPSA) is 73.3 Å². The zero-order valence-corrected chi connectivity index (χ0v) is 15.7. The van der Waals surface area contributed by atoms with Gasteiger partial charge in [0.05, 0.1) is 12.8 Å². The van der Waals surface area contributed by atoms with Crippen molar-refractivity contribution < 1.29 is 14.3 Å². The van der Waals surface area contributed by atoms with E-state index in [1.54, 1.807) is 37.4 Å². The summed E-state index contributed by atoms with van der Waals surface area (Å²) in [6.45, 7) is 1.65. The Kier molecular flexibility index (Phi) is 5.88. The number of rotatable bonds is 6. The lowest BCUT2D eigenvalue weighted by atomic mass is 10.2. The molecule has 0 aliphatic heterocycles. The SMILES string of the molecule is COc1ccccc1NC(=O)COc1cc(C)nc(-c2ccc(Cl)cc2)n1. The Bertz CT molecular complexity index is 945. The van der Waals surface area contributed by atoms with E-state index in [2.05, 4.69) is 15.3 Å². The average molecular weight is 384 g/mol. The minimum atomic E-state index is -0.316. The summed E-state index contributed by atoms with van der Waals surface area (Å²) in [4.78, 5) is 20.9. The molecule has 27 heavy (non-hydrogen) atoms. The van der Waals surface area contributed by atoms with E-state index in [1.807, 2.05) is 31.2 Å². The van der Waals surface area contributed by atoms with Crippen molar-refractivity contribution in [3.05, 3.63) is 65.3 Å². The van der Waals surface area contributed by atoms with E-state index < -0.39 is 0 Å². The number of hydrogen-bond acceptors (Lipinski definition) is 5. The molecule has 0 aliphatic carbocycles. The minimum absolute atomic E-state index is 0.186. The molecule has 1 amide bonds. The summed E-state index contributed by atoms with van der Waals surface area (Å²) in [7, 11) is 1.55. The highest BCUT2D eigenvalue weighted by molar-refractivity contribution is 6.30. The van der Waals surface area contributed by atoms with Crippen LogP contribution in [0.5, 0.6) is 11.6 Å². The van der Waals surface area contributed by atoms with E-state index in [9.17, 15) is 4.79 Å². The second kappa shape index (κ2) is 8.51. The number of carbonyl (C=O) groups is 1. The first kappa shape index (κ1) is 18.7. The number of aromatic nitrogens is 2. The quantitative estimate of drug-likeness (QED) is 0.692. The Morgan fingerprint density at radius 3 is 2.59 bits per heavy atom. The van der Waals surface area contributed by atoms with Gasteiger partial charge in [-0.15, -0.1) is 0 Å². The summed E-state index contributed by atoms with van der Waals surface area (Å²) in [6.07, 6.45) is 0.